The fraction of sp³-hybridized carbons (Fsp3) is 0.625. The van der Waals surface area contributed by atoms with E-state index in [1.54, 1.807) is 30.9 Å². The molecule has 2 bridgehead atoms. The lowest BCUT2D eigenvalue weighted by Crippen LogP contribution is -2.64. The van der Waals surface area contributed by atoms with Gasteiger partial charge in [-0.25, -0.2) is 4.79 Å². The molecule has 6 N–H and O–H groups in total. The normalized spacial score (nSPS) is 35.9. The molecule has 2 saturated heterocycles. The summed E-state index contributed by atoms with van der Waals surface area (Å²) in [5, 5.41) is 39.1. The molecule has 49 heavy (non-hydrogen) atoms. The Morgan fingerprint density at radius 3 is 2.71 bits per heavy atom. The zero-order valence-corrected chi connectivity index (χ0v) is 30.2. The highest BCUT2D eigenvalue weighted by molar-refractivity contribution is 9.09. The van der Waals surface area contributed by atoms with Crippen molar-refractivity contribution in [3.8, 4) is 23.7 Å². The zero-order chi connectivity index (χ0) is 35.6. The van der Waals surface area contributed by atoms with E-state index in [1.165, 1.54) is 32.8 Å². The van der Waals surface area contributed by atoms with Gasteiger partial charge >= 0.3 is 6.09 Å². The minimum absolute atomic E-state index is 0.0461. The second-order valence-corrected chi connectivity index (χ2v) is 15.7. The maximum absolute atomic E-state index is 13.6. The Morgan fingerprint density at radius 2 is 2.02 bits per heavy atom. The molecule has 17 heteroatoms. The fourth-order valence-corrected chi connectivity index (χ4v) is 8.33. The van der Waals surface area contributed by atoms with Crippen LogP contribution in [0.15, 0.2) is 35.1 Å². The number of hydrogen-bond acceptors (Lipinski definition) is 16. The van der Waals surface area contributed by atoms with Gasteiger partial charge < -0.3 is 49.2 Å². The predicted octanol–water partition coefficient (Wildman–Crippen LogP) is 1.43. The molecule has 2 aliphatic heterocycles. The van der Waals surface area contributed by atoms with Crippen LogP contribution in [0.5, 0.6) is 0 Å². The fourth-order valence-electron chi connectivity index (χ4n) is 5.92. The van der Waals surface area contributed by atoms with Crippen LogP contribution in [-0.2, 0) is 33.2 Å². The minimum Gasteiger partial charge on any atom is -0.453 e. The van der Waals surface area contributed by atoms with Crippen LogP contribution >= 0.6 is 31.4 Å². The maximum Gasteiger partial charge on any atom is 0.411 e. The maximum atomic E-state index is 13.6. The molecule has 0 saturated carbocycles. The summed E-state index contributed by atoms with van der Waals surface area (Å²) in [7, 11) is 7.30. The third-order valence-corrected chi connectivity index (χ3v) is 12.0. The Kier molecular flexibility index (Phi) is 15.4. The predicted molar refractivity (Wildman–Crippen MR) is 185 cm³/mol. The second kappa shape index (κ2) is 19.0. The number of rotatable bonds is 13. The van der Waals surface area contributed by atoms with Crippen molar-refractivity contribution in [2.24, 2.45) is 0 Å². The molecule has 0 unspecified atom stereocenters. The number of Topliss-reactive ketones (excluding diaryl/α,β-unsaturated/α-hetero) is 1. The van der Waals surface area contributed by atoms with Gasteiger partial charge in [0.25, 0.3) is 0 Å². The summed E-state index contributed by atoms with van der Waals surface area (Å²) in [5.41, 5.74) is 0.193. The van der Waals surface area contributed by atoms with Crippen molar-refractivity contribution in [1.29, 1.82) is 0 Å². The van der Waals surface area contributed by atoms with Gasteiger partial charge in [-0.2, -0.15) is 5.48 Å². The van der Waals surface area contributed by atoms with E-state index in [2.05, 4.69) is 39.8 Å². The minimum atomic E-state index is -1.96. The topological polar surface area (TPSA) is 186 Å². The van der Waals surface area contributed by atoms with E-state index in [4.69, 9.17) is 28.4 Å². The SMILES string of the molecule is CCN[C@H]1CO[C@@H](O[C@H]2[C@H](O[C@H]3C#C/C=C/C#C[C@]4(O)CC(=O)C(NC(=O)OC)=C3/C4=C\CSSSC)O[C@H](C)[C@@H](NO)[C@@H]2O)C[C@@H]1OC. The van der Waals surface area contributed by atoms with Gasteiger partial charge in [0.05, 0.1) is 50.1 Å². The number of amides is 1. The number of likely N-dealkylation sites (N-methyl/N-ethyl adjacent to an activating group) is 1. The van der Waals surface area contributed by atoms with E-state index in [1.807, 2.05) is 13.2 Å². The van der Waals surface area contributed by atoms with Crippen molar-refractivity contribution >= 4 is 43.3 Å². The van der Waals surface area contributed by atoms with Crippen LogP contribution in [0, 0.1) is 23.7 Å². The molecule has 0 aromatic carbocycles. The summed E-state index contributed by atoms with van der Waals surface area (Å²) >= 11 is 0. The number of hydrogen-bond donors (Lipinski definition) is 6. The number of carbonyl (C=O) groups is 2. The second-order valence-electron chi connectivity index (χ2n) is 11.3. The molecular formula is C32H43N3O11S3. The van der Waals surface area contributed by atoms with Crippen LogP contribution in [0.2, 0.25) is 0 Å². The van der Waals surface area contributed by atoms with Gasteiger partial charge in [0.15, 0.2) is 24.0 Å². The van der Waals surface area contributed by atoms with Crippen molar-refractivity contribution in [1.82, 2.24) is 16.1 Å². The molecule has 0 spiro atoms. The Balaban J connectivity index is 1.78. The van der Waals surface area contributed by atoms with Crippen molar-refractivity contribution in [3.63, 3.8) is 0 Å². The number of nitrogens with one attached hydrogen (secondary N) is 3. The Hall–Kier alpha value is -2.07. The molecule has 1 amide bonds. The van der Waals surface area contributed by atoms with Gasteiger partial charge in [-0.3, -0.25) is 10.1 Å². The molecule has 0 aromatic heterocycles. The zero-order valence-electron chi connectivity index (χ0n) is 27.8. The average molecular weight is 742 g/mol. The molecule has 2 aliphatic carbocycles. The van der Waals surface area contributed by atoms with Gasteiger partial charge in [0.1, 0.15) is 18.3 Å². The first-order valence-corrected chi connectivity index (χ1v) is 19.6. The number of fused-ring (bicyclic) bond motifs is 2. The lowest BCUT2D eigenvalue weighted by molar-refractivity contribution is -0.329. The van der Waals surface area contributed by atoms with Crippen LogP contribution in [0.25, 0.3) is 0 Å². The van der Waals surface area contributed by atoms with E-state index < -0.39 is 66.9 Å². The summed E-state index contributed by atoms with van der Waals surface area (Å²) in [5.74, 6) is 11.1. The van der Waals surface area contributed by atoms with Gasteiger partial charge in [-0.1, -0.05) is 58.3 Å². The van der Waals surface area contributed by atoms with Crippen molar-refractivity contribution in [2.75, 3.05) is 39.4 Å². The highest BCUT2D eigenvalue weighted by atomic mass is 33.5. The van der Waals surface area contributed by atoms with Crippen molar-refractivity contribution < 1.29 is 53.4 Å². The first-order valence-electron chi connectivity index (χ1n) is 15.6. The smallest absolute Gasteiger partial charge is 0.411 e. The molecule has 10 atom stereocenters. The largest absolute Gasteiger partial charge is 0.453 e. The van der Waals surface area contributed by atoms with Crippen LogP contribution in [-0.4, -0.2) is 127 Å². The number of ether oxygens (including phenoxy) is 6. The standard InChI is InChI=1S/C32H43N3O11S3/c1-6-33-20-17-43-24(15-23(20)41-3)46-29-28(37)26(35-40)18(2)44-30(29)45-22-11-9-7-8-10-13-32(39)16-21(36)27(34-31(38)42-4)25(22)19(32)12-14-48-49-47-5/h7-8,12,18,20,22-24,26,28-30,33,35,37,39-40H,6,14-17H2,1-5H3,(H,34,38)/b8-7+,19-12+/t18-,20+,22+,23+,24+,26-,28+,29-,30+,32+/m1/s1. The summed E-state index contributed by atoms with van der Waals surface area (Å²) in [6, 6.07) is -1.06. The molecular weight excluding hydrogens is 699 g/mol. The van der Waals surface area contributed by atoms with E-state index >= 15 is 0 Å². The Morgan fingerprint density at radius 1 is 1.24 bits per heavy atom. The van der Waals surface area contributed by atoms with Gasteiger partial charge in [-0.05, 0) is 41.7 Å². The summed E-state index contributed by atoms with van der Waals surface area (Å²) in [6.07, 6.45) is -1.79. The van der Waals surface area contributed by atoms with E-state index in [0.717, 1.165) is 7.11 Å². The van der Waals surface area contributed by atoms with Crippen LogP contribution < -0.4 is 16.1 Å². The van der Waals surface area contributed by atoms with Gasteiger partial charge in [0.2, 0.25) is 0 Å². The quantitative estimate of drug-likeness (QED) is 0.0689. The van der Waals surface area contributed by atoms with Crippen molar-refractivity contribution in [3.05, 3.63) is 35.1 Å². The lowest BCUT2D eigenvalue weighted by Gasteiger charge is -2.46. The lowest BCUT2D eigenvalue weighted by atomic mass is 9.75. The molecule has 2 heterocycles. The summed E-state index contributed by atoms with van der Waals surface area (Å²) in [6.45, 7) is 4.58. The summed E-state index contributed by atoms with van der Waals surface area (Å²) < 4.78 is 35.5. The number of methoxy groups -OCH3 is 2. The molecule has 2 fully saturated rings. The van der Waals surface area contributed by atoms with E-state index in [0.29, 0.717) is 18.7 Å². The first-order chi connectivity index (χ1) is 23.6. The van der Waals surface area contributed by atoms with Gasteiger partial charge in [-0.15, -0.1) is 0 Å². The number of ketones is 1. The Labute approximate surface area is 297 Å². The molecule has 4 rings (SSSR count). The highest BCUT2D eigenvalue weighted by Gasteiger charge is 2.50. The van der Waals surface area contributed by atoms with Crippen LogP contribution in [0.3, 0.4) is 0 Å². The number of allylic oxidation sites excluding steroid dienone is 3. The van der Waals surface area contributed by atoms with Gasteiger partial charge in [0, 0.05) is 30.4 Å². The molecule has 0 aromatic rings. The van der Waals surface area contributed by atoms with Crippen LogP contribution in [0.1, 0.15) is 26.7 Å². The molecule has 270 valence electrons. The van der Waals surface area contributed by atoms with Crippen LogP contribution in [0.4, 0.5) is 4.79 Å². The number of hydroxylamine groups is 1. The average Bonchev–Trinajstić information content (AvgIpc) is 3.08. The Bertz CT molecular complexity index is 1410. The number of alkyl carbamates (subject to hydrolysis) is 1. The monoisotopic (exact) mass is 741 g/mol. The summed E-state index contributed by atoms with van der Waals surface area (Å²) in [4.78, 5) is 26.2. The third kappa shape index (κ3) is 9.84. The van der Waals surface area contributed by atoms with E-state index in [9.17, 15) is 25.0 Å². The van der Waals surface area contributed by atoms with Crippen molar-refractivity contribution in [2.45, 2.75) is 87.5 Å². The van der Waals surface area contributed by atoms with E-state index in [-0.39, 0.29) is 35.6 Å². The molecule has 4 aliphatic rings. The molecule has 0 radical (unpaired) electrons. The number of carbonyl (C=O) groups excluding carboxylic acids is 2. The number of aliphatic hydroxyl groups is 2. The number of aliphatic hydroxyl groups excluding tert-OH is 1. The first kappa shape index (κ1) is 39.7. The highest BCUT2D eigenvalue weighted by Crippen LogP contribution is 2.41. The molecule has 14 nitrogen and oxygen atoms in total. The third-order valence-electron chi connectivity index (χ3n) is 8.25.